The first kappa shape index (κ1) is 21.3. The molecular weight excluding hydrogens is 399 g/mol. The highest BCUT2D eigenvalue weighted by Crippen LogP contribution is 2.48. The van der Waals surface area contributed by atoms with Gasteiger partial charge in [0.15, 0.2) is 0 Å². The van der Waals surface area contributed by atoms with Gasteiger partial charge in [-0.05, 0) is 43.4 Å². The summed E-state index contributed by atoms with van der Waals surface area (Å²) in [6.07, 6.45) is 2.61. The lowest BCUT2D eigenvalue weighted by atomic mass is 9.81. The molecule has 0 aromatic heterocycles. The largest absolute Gasteiger partial charge is 0.481 e. The Balaban J connectivity index is 0.00000243. The Morgan fingerprint density at radius 2 is 2.12 bits per heavy atom. The minimum Gasteiger partial charge on any atom is -0.481 e. The van der Waals surface area contributed by atoms with Gasteiger partial charge in [0.1, 0.15) is 0 Å². The number of carbonyl (C=O) groups is 2. The molecule has 0 bridgehead atoms. The fourth-order valence-electron chi connectivity index (χ4n) is 4.22. The van der Waals surface area contributed by atoms with Crippen molar-refractivity contribution in [1.82, 2.24) is 10.2 Å². The van der Waals surface area contributed by atoms with Crippen molar-refractivity contribution in [3.63, 3.8) is 0 Å². The second-order valence-electron chi connectivity index (χ2n) is 7.18. The van der Waals surface area contributed by atoms with Crippen LogP contribution in [-0.2, 0) is 9.59 Å². The summed E-state index contributed by atoms with van der Waals surface area (Å²) in [6.45, 7) is 3.24. The van der Waals surface area contributed by atoms with Gasteiger partial charge in [0.05, 0.1) is 28.0 Å². The first-order chi connectivity index (χ1) is 11.8. The summed E-state index contributed by atoms with van der Waals surface area (Å²) < 4.78 is 0. The van der Waals surface area contributed by atoms with Crippen LogP contribution in [-0.4, -0.2) is 41.5 Å². The molecule has 2 aliphatic rings. The maximum Gasteiger partial charge on any atom is 0.311 e. The zero-order chi connectivity index (χ0) is 18.2. The van der Waals surface area contributed by atoms with Gasteiger partial charge in [0.25, 0.3) is 0 Å². The van der Waals surface area contributed by atoms with Crippen LogP contribution in [0, 0.1) is 11.3 Å². The molecule has 5 nitrogen and oxygen atoms in total. The average molecular weight is 422 g/mol. The molecule has 144 valence electrons. The molecule has 1 heterocycles. The SMILES string of the molecule is CC(NC(=O)CN1C[C@@H]2CCC[C@@]2(C(=O)O)C1)c1ccc(Cl)c(Cl)c1.Cl. The number of hydrogen-bond donors (Lipinski definition) is 2. The molecule has 0 spiro atoms. The van der Waals surface area contributed by atoms with E-state index in [-0.39, 0.29) is 36.8 Å². The molecule has 2 fully saturated rings. The zero-order valence-electron chi connectivity index (χ0n) is 14.5. The van der Waals surface area contributed by atoms with Crippen molar-refractivity contribution in [3.05, 3.63) is 33.8 Å². The third-order valence-corrected chi connectivity index (χ3v) is 6.29. The predicted molar refractivity (Wildman–Crippen MR) is 104 cm³/mol. The second-order valence-corrected chi connectivity index (χ2v) is 8.00. The predicted octanol–water partition coefficient (Wildman–Crippen LogP) is 3.78. The summed E-state index contributed by atoms with van der Waals surface area (Å²) in [5, 5.41) is 13.5. The van der Waals surface area contributed by atoms with Crippen molar-refractivity contribution < 1.29 is 14.7 Å². The van der Waals surface area contributed by atoms with Crippen LogP contribution in [0.4, 0.5) is 0 Å². The van der Waals surface area contributed by atoms with Gasteiger partial charge in [-0.3, -0.25) is 14.5 Å². The van der Waals surface area contributed by atoms with E-state index in [9.17, 15) is 14.7 Å². The standard InChI is InChI=1S/C18H22Cl2N2O3.ClH/c1-11(12-4-5-14(19)15(20)7-12)21-16(23)9-22-8-13-3-2-6-18(13,10-22)17(24)25;/h4-5,7,11,13H,2-3,6,8-10H2,1H3,(H,21,23)(H,24,25);1H/t11?,13-,18+;/m0./s1. The average Bonchev–Trinajstić information content (AvgIpc) is 3.07. The van der Waals surface area contributed by atoms with E-state index in [1.54, 1.807) is 12.1 Å². The van der Waals surface area contributed by atoms with Gasteiger partial charge in [-0.2, -0.15) is 0 Å². The maximum absolute atomic E-state index is 12.4. The van der Waals surface area contributed by atoms with Gasteiger partial charge in [-0.25, -0.2) is 0 Å². The van der Waals surface area contributed by atoms with Crippen LogP contribution in [0.5, 0.6) is 0 Å². The van der Waals surface area contributed by atoms with Crippen molar-refractivity contribution in [1.29, 1.82) is 0 Å². The summed E-state index contributed by atoms with van der Waals surface area (Å²) in [6, 6.07) is 5.09. The fourth-order valence-corrected chi connectivity index (χ4v) is 4.53. The topological polar surface area (TPSA) is 69.6 Å². The molecule has 1 saturated heterocycles. The molecule has 1 unspecified atom stereocenters. The van der Waals surface area contributed by atoms with Crippen LogP contribution >= 0.6 is 35.6 Å². The van der Waals surface area contributed by atoms with Gasteiger partial charge in [-0.1, -0.05) is 35.7 Å². The Labute approximate surface area is 169 Å². The van der Waals surface area contributed by atoms with Crippen molar-refractivity contribution in [2.24, 2.45) is 11.3 Å². The molecule has 3 atom stereocenters. The lowest BCUT2D eigenvalue weighted by Gasteiger charge is -2.23. The number of nitrogens with zero attached hydrogens (tertiary/aromatic N) is 1. The Hall–Kier alpha value is -1.01. The van der Waals surface area contributed by atoms with Gasteiger partial charge < -0.3 is 10.4 Å². The van der Waals surface area contributed by atoms with E-state index in [0.29, 0.717) is 29.6 Å². The number of halogens is 3. The molecule has 26 heavy (non-hydrogen) atoms. The van der Waals surface area contributed by atoms with Gasteiger partial charge >= 0.3 is 5.97 Å². The number of aliphatic carboxylic acids is 1. The summed E-state index contributed by atoms with van der Waals surface area (Å²) in [5.74, 6) is -0.675. The van der Waals surface area contributed by atoms with E-state index < -0.39 is 11.4 Å². The van der Waals surface area contributed by atoms with Gasteiger partial charge in [-0.15, -0.1) is 12.4 Å². The van der Waals surface area contributed by atoms with Crippen molar-refractivity contribution in [3.8, 4) is 0 Å². The molecular formula is C18H23Cl3N2O3. The van der Waals surface area contributed by atoms with Crippen LogP contribution in [0.1, 0.15) is 37.8 Å². The summed E-state index contributed by atoms with van der Waals surface area (Å²) in [4.78, 5) is 26.0. The highest BCUT2D eigenvalue weighted by molar-refractivity contribution is 6.42. The van der Waals surface area contributed by atoms with Crippen LogP contribution in [0.25, 0.3) is 0 Å². The van der Waals surface area contributed by atoms with Crippen molar-refractivity contribution in [2.75, 3.05) is 19.6 Å². The number of nitrogens with one attached hydrogen (secondary N) is 1. The first-order valence-corrected chi connectivity index (χ1v) is 9.27. The number of carboxylic acids is 1. The second kappa shape index (κ2) is 8.34. The molecule has 2 N–H and O–H groups in total. The van der Waals surface area contributed by atoms with Crippen molar-refractivity contribution >= 4 is 47.5 Å². The first-order valence-electron chi connectivity index (χ1n) is 8.52. The number of likely N-dealkylation sites (tertiary alicyclic amines) is 1. The highest BCUT2D eigenvalue weighted by atomic mass is 35.5. The minimum atomic E-state index is -0.720. The lowest BCUT2D eigenvalue weighted by molar-refractivity contribution is -0.149. The van der Waals surface area contributed by atoms with Gasteiger partial charge in [0, 0.05) is 13.1 Å². The Morgan fingerprint density at radius 1 is 1.38 bits per heavy atom. The van der Waals surface area contributed by atoms with E-state index in [2.05, 4.69) is 5.32 Å². The van der Waals surface area contributed by atoms with Crippen molar-refractivity contribution in [2.45, 2.75) is 32.2 Å². The molecule has 1 aliphatic carbocycles. The van der Waals surface area contributed by atoms with Crippen LogP contribution in [0.2, 0.25) is 10.0 Å². The van der Waals surface area contributed by atoms with E-state index in [4.69, 9.17) is 23.2 Å². The molecule has 3 rings (SSSR count). The number of fused-ring (bicyclic) bond motifs is 1. The molecule has 8 heteroatoms. The molecule has 1 aliphatic heterocycles. The highest BCUT2D eigenvalue weighted by Gasteiger charge is 2.54. The lowest BCUT2D eigenvalue weighted by Crippen LogP contribution is -2.40. The monoisotopic (exact) mass is 420 g/mol. The number of carbonyl (C=O) groups excluding carboxylic acids is 1. The summed E-state index contributed by atoms with van der Waals surface area (Å²) in [7, 11) is 0. The van der Waals surface area contributed by atoms with Crippen LogP contribution in [0.15, 0.2) is 18.2 Å². The van der Waals surface area contributed by atoms with Gasteiger partial charge in [0.2, 0.25) is 5.91 Å². The van der Waals surface area contributed by atoms with E-state index >= 15 is 0 Å². The van der Waals surface area contributed by atoms with E-state index in [1.807, 2.05) is 17.9 Å². The molecule has 0 radical (unpaired) electrons. The molecule has 1 amide bonds. The number of benzene rings is 1. The fraction of sp³-hybridized carbons (Fsp3) is 0.556. The smallest absolute Gasteiger partial charge is 0.311 e. The third kappa shape index (κ3) is 4.11. The van der Waals surface area contributed by atoms with Crippen LogP contribution in [0.3, 0.4) is 0 Å². The summed E-state index contributed by atoms with van der Waals surface area (Å²) in [5.41, 5.74) is 0.221. The molecule has 1 saturated carbocycles. The summed E-state index contributed by atoms with van der Waals surface area (Å²) >= 11 is 11.9. The Kier molecular flexibility index (Phi) is 6.83. The number of carboxylic acid groups (broad SMARTS) is 1. The Bertz CT molecular complexity index is 700. The quantitative estimate of drug-likeness (QED) is 0.759. The van der Waals surface area contributed by atoms with E-state index in [1.165, 1.54) is 0 Å². The minimum absolute atomic E-state index is 0. The number of rotatable bonds is 5. The molecule has 1 aromatic rings. The zero-order valence-corrected chi connectivity index (χ0v) is 16.8. The Morgan fingerprint density at radius 3 is 2.73 bits per heavy atom. The van der Waals surface area contributed by atoms with E-state index in [0.717, 1.165) is 18.4 Å². The normalized spacial score (nSPS) is 26.0. The maximum atomic E-state index is 12.4. The number of amides is 1. The number of hydrogen-bond acceptors (Lipinski definition) is 3. The van der Waals surface area contributed by atoms with Crippen LogP contribution < -0.4 is 5.32 Å². The third-order valence-electron chi connectivity index (χ3n) is 5.56. The molecule has 1 aromatic carbocycles.